The second-order valence-electron chi connectivity index (χ2n) is 9.18. The van der Waals surface area contributed by atoms with Crippen LogP contribution in [-0.2, 0) is 28.2 Å². The Morgan fingerprint density at radius 1 is 0.975 bits per heavy atom. The van der Waals surface area contributed by atoms with Gasteiger partial charge in [0.2, 0.25) is 0 Å². The first kappa shape index (κ1) is 29.7. The summed E-state index contributed by atoms with van der Waals surface area (Å²) < 4.78 is 51.0. The van der Waals surface area contributed by atoms with E-state index >= 15 is 0 Å². The van der Waals surface area contributed by atoms with E-state index in [0.29, 0.717) is 35.0 Å². The molecule has 1 heterocycles. The molecule has 0 fully saturated rings. The summed E-state index contributed by atoms with van der Waals surface area (Å²) in [7, 11) is 0. The second-order valence-corrected chi connectivity index (χ2v) is 11.2. The molecule has 0 bridgehead atoms. The van der Waals surface area contributed by atoms with Gasteiger partial charge in [0, 0.05) is 27.5 Å². The quantitative estimate of drug-likeness (QED) is 0.167. The summed E-state index contributed by atoms with van der Waals surface area (Å²) in [6.45, 7) is 3.64. The third-order valence-corrected chi connectivity index (χ3v) is 8.24. The lowest BCUT2D eigenvalue weighted by Crippen LogP contribution is -2.26. The molecule has 0 aliphatic heterocycles. The summed E-state index contributed by atoms with van der Waals surface area (Å²) in [6, 6.07) is 22.6. The van der Waals surface area contributed by atoms with E-state index in [1.807, 2.05) is 43.3 Å². The molecule has 0 radical (unpaired) electrons. The van der Waals surface area contributed by atoms with Crippen LogP contribution >= 0.6 is 23.5 Å². The molecule has 210 valence electrons. The maximum Gasteiger partial charge on any atom is 0.416 e. The summed E-state index contributed by atoms with van der Waals surface area (Å²) in [5, 5.41) is 9.29. The second kappa shape index (κ2) is 13.4. The average Bonchev–Trinajstić information content (AvgIpc) is 3.34. The van der Waals surface area contributed by atoms with Gasteiger partial charge in [-0.05, 0) is 60.9 Å². The number of aryl methyl sites for hydroxylation is 1. The number of hydrogen-bond donors (Lipinski definition) is 1. The number of carbonyl (C=O) groups is 1. The van der Waals surface area contributed by atoms with E-state index in [1.54, 1.807) is 36.5 Å². The molecule has 0 amide bonds. The summed E-state index contributed by atoms with van der Waals surface area (Å²) in [6.07, 6.45) is -4.94. The van der Waals surface area contributed by atoms with Crippen LogP contribution in [0.4, 0.5) is 13.2 Å². The monoisotopic (exact) mass is 586 g/mol. The summed E-state index contributed by atoms with van der Waals surface area (Å²) >= 11 is 3.30. The molecule has 0 saturated carbocycles. The third kappa shape index (κ3) is 7.88. The van der Waals surface area contributed by atoms with Crippen molar-refractivity contribution >= 4 is 29.5 Å². The Morgan fingerprint density at radius 2 is 1.70 bits per heavy atom. The van der Waals surface area contributed by atoms with Gasteiger partial charge < -0.3 is 14.3 Å². The maximum atomic E-state index is 13.0. The molecule has 40 heavy (non-hydrogen) atoms. The minimum absolute atomic E-state index is 0.359. The fraction of sp³-hybridized carbons (Fsp3) is 0.258. The van der Waals surface area contributed by atoms with Crippen molar-refractivity contribution in [3.05, 3.63) is 107 Å². The fourth-order valence-electron chi connectivity index (χ4n) is 3.98. The molecule has 1 atom stereocenters. The predicted molar refractivity (Wildman–Crippen MR) is 154 cm³/mol. The van der Waals surface area contributed by atoms with Gasteiger partial charge >= 0.3 is 12.1 Å². The zero-order valence-electron chi connectivity index (χ0n) is 22.0. The van der Waals surface area contributed by atoms with Gasteiger partial charge in [0.1, 0.15) is 17.3 Å². The Balaban J connectivity index is 1.51. The fourth-order valence-corrected chi connectivity index (χ4v) is 5.93. The zero-order chi connectivity index (χ0) is 28.7. The molecule has 1 aromatic heterocycles. The van der Waals surface area contributed by atoms with Gasteiger partial charge in [-0.25, -0.2) is 4.79 Å². The lowest BCUT2D eigenvalue weighted by atomic mass is 10.1. The summed E-state index contributed by atoms with van der Waals surface area (Å²) in [5.41, 5.74) is 2.88. The van der Waals surface area contributed by atoms with Crippen molar-refractivity contribution < 1.29 is 32.2 Å². The van der Waals surface area contributed by atoms with Gasteiger partial charge in [0.05, 0.1) is 11.3 Å². The van der Waals surface area contributed by atoms with Crippen LogP contribution < -0.4 is 4.74 Å². The molecule has 3 aromatic carbocycles. The minimum Gasteiger partial charge on any atom is -0.479 e. The highest BCUT2D eigenvalue weighted by atomic mass is 32.2. The number of halogens is 3. The molecule has 0 aliphatic rings. The molecule has 1 unspecified atom stereocenters. The number of ether oxygens (including phenoxy) is 1. The highest BCUT2D eigenvalue weighted by Gasteiger charge is 2.30. The first-order valence-corrected chi connectivity index (χ1v) is 14.8. The Labute approximate surface area is 239 Å². The van der Waals surface area contributed by atoms with Crippen molar-refractivity contribution in [1.29, 1.82) is 0 Å². The van der Waals surface area contributed by atoms with E-state index in [4.69, 9.17) is 9.15 Å². The van der Waals surface area contributed by atoms with Gasteiger partial charge in [-0.1, -0.05) is 49.4 Å². The van der Waals surface area contributed by atoms with Crippen LogP contribution in [0.25, 0.3) is 11.3 Å². The smallest absolute Gasteiger partial charge is 0.416 e. The molecule has 0 saturated heterocycles. The van der Waals surface area contributed by atoms with E-state index in [-0.39, 0.29) is 0 Å². The number of hydrogen-bond acceptors (Lipinski definition) is 5. The Hall–Kier alpha value is -3.30. The normalized spacial score (nSPS) is 12.3. The van der Waals surface area contributed by atoms with Crippen LogP contribution in [0.1, 0.15) is 41.4 Å². The van der Waals surface area contributed by atoms with Crippen molar-refractivity contribution in [2.45, 2.75) is 54.7 Å². The van der Waals surface area contributed by atoms with Crippen LogP contribution in [0, 0.1) is 6.92 Å². The molecule has 4 aromatic rings. The number of thioether (sulfide) groups is 2. The molecule has 4 rings (SSSR count). The largest absolute Gasteiger partial charge is 0.479 e. The Kier molecular flexibility index (Phi) is 9.92. The van der Waals surface area contributed by atoms with Gasteiger partial charge in [-0.3, -0.25) is 0 Å². The Bertz CT molecular complexity index is 1420. The van der Waals surface area contributed by atoms with E-state index in [9.17, 15) is 23.1 Å². The maximum absolute atomic E-state index is 13.0. The number of aliphatic carboxylic acids is 1. The van der Waals surface area contributed by atoms with Crippen molar-refractivity contribution in [2.75, 3.05) is 0 Å². The Morgan fingerprint density at radius 3 is 2.33 bits per heavy atom. The topological polar surface area (TPSA) is 59.7 Å². The van der Waals surface area contributed by atoms with E-state index in [1.165, 1.54) is 17.7 Å². The highest BCUT2D eigenvalue weighted by molar-refractivity contribution is 7.98. The van der Waals surface area contributed by atoms with Crippen molar-refractivity contribution in [3.63, 3.8) is 0 Å². The lowest BCUT2D eigenvalue weighted by Gasteiger charge is -2.15. The molecule has 0 aliphatic carbocycles. The molecule has 0 spiro atoms. The van der Waals surface area contributed by atoms with E-state index < -0.39 is 23.8 Å². The molecule has 1 N–H and O–H groups in total. The summed E-state index contributed by atoms with van der Waals surface area (Å²) in [5.74, 6) is 2.86. The van der Waals surface area contributed by atoms with Crippen LogP contribution in [0.2, 0.25) is 0 Å². The number of carboxylic acids is 1. The highest BCUT2D eigenvalue weighted by Crippen LogP contribution is 2.36. The SMILES string of the molecule is CCC(Oc1ccc(SCc2cc(-c3ccc(C(F)(F)F)cc3)oc2CSCc2ccccc2)cc1C)C(=O)O. The number of furan rings is 1. The number of alkyl halides is 3. The zero-order valence-corrected chi connectivity index (χ0v) is 23.7. The van der Waals surface area contributed by atoms with Crippen LogP contribution in [-0.4, -0.2) is 17.2 Å². The predicted octanol–water partition coefficient (Wildman–Crippen LogP) is 9.24. The lowest BCUT2D eigenvalue weighted by molar-refractivity contribution is -0.145. The van der Waals surface area contributed by atoms with Crippen molar-refractivity contribution in [1.82, 2.24) is 0 Å². The van der Waals surface area contributed by atoms with Gasteiger partial charge in [0.25, 0.3) is 0 Å². The van der Waals surface area contributed by atoms with Crippen molar-refractivity contribution in [3.8, 4) is 17.1 Å². The van der Waals surface area contributed by atoms with E-state index in [0.717, 1.165) is 39.7 Å². The molecular weight excluding hydrogens is 557 g/mol. The molecule has 4 nitrogen and oxygen atoms in total. The van der Waals surface area contributed by atoms with Gasteiger partial charge in [0.15, 0.2) is 6.10 Å². The minimum atomic E-state index is -4.40. The van der Waals surface area contributed by atoms with Crippen LogP contribution in [0.3, 0.4) is 0 Å². The van der Waals surface area contributed by atoms with Crippen LogP contribution in [0.15, 0.2) is 88.2 Å². The molecular formula is C31H29F3O4S2. The number of benzene rings is 3. The standard InChI is InChI=1S/C31H29F3O4S2/c1-3-26(30(35)36)37-27-14-13-25(15-20(27)2)40-18-23-16-28(22-9-11-24(12-10-22)31(32,33)34)38-29(23)19-39-17-21-7-5-4-6-8-21/h4-16,26H,3,17-19H2,1-2H3,(H,35,36). The van der Waals surface area contributed by atoms with Crippen LogP contribution in [0.5, 0.6) is 5.75 Å². The average molecular weight is 587 g/mol. The van der Waals surface area contributed by atoms with E-state index in [2.05, 4.69) is 12.1 Å². The first-order valence-electron chi connectivity index (χ1n) is 12.7. The van der Waals surface area contributed by atoms with Crippen molar-refractivity contribution in [2.24, 2.45) is 0 Å². The number of rotatable bonds is 12. The first-order chi connectivity index (χ1) is 19.1. The molecule has 9 heteroatoms. The van der Waals surface area contributed by atoms with Gasteiger partial charge in [-0.2, -0.15) is 13.2 Å². The number of carboxylic acid groups (broad SMARTS) is 1. The third-order valence-electron chi connectivity index (χ3n) is 6.19. The van der Waals surface area contributed by atoms with Gasteiger partial charge in [-0.15, -0.1) is 23.5 Å². The summed E-state index contributed by atoms with van der Waals surface area (Å²) in [4.78, 5) is 12.3.